The number of piperidine rings is 1. The van der Waals surface area contributed by atoms with E-state index in [4.69, 9.17) is 9.72 Å². The van der Waals surface area contributed by atoms with Crippen molar-refractivity contribution in [2.75, 3.05) is 20.2 Å². The highest BCUT2D eigenvalue weighted by molar-refractivity contribution is 5.89. The molecule has 0 aliphatic carbocycles. The van der Waals surface area contributed by atoms with Gasteiger partial charge in [-0.2, -0.15) is 4.98 Å². The van der Waals surface area contributed by atoms with Crippen molar-refractivity contribution < 1.29 is 4.74 Å². The van der Waals surface area contributed by atoms with Crippen LogP contribution in [0, 0.1) is 0 Å². The quantitative estimate of drug-likeness (QED) is 0.259. The molecule has 0 saturated carbocycles. The van der Waals surface area contributed by atoms with Gasteiger partial charge in [0.05, 0.1) is 12.8 Å². The number of ether oxygens (including phenoxy) is 1. The van der Waals surface area contributed by atoms with Gasteiger partial charge in [0.2, 0.25) is 0 Å². The van der Waals surface area contributed by atoms with Crippen molar-refractivity contribution in [3.05, 3.63) is 103 Å². The van der Waals surface area contributed by atoms with E-state index in [2.05, 4.69) is 77.5 Å². The molecule has 1 aliphatic rings. The van der Waals surface area contributed by atoms with Gasteiger partial charge in [-0.25, -0.2) is 9.97 Å². The molecule has 1 aliphatic heterocycles. The fraction of sp³-hybridized carbons (Fsp3) is 0.212. The highest BCUT2D eigenvalue weighted by atomic mass is 16.5. The molecule has 9 heteroatoms. The summed E-state index contributed by atoms with van der Waals surface area (Å²) in [6, 6.07) is 27.3. The molecule has 1 N–H and O–H groups in total. The summed E-state index contributed by atoms with van der Waals surface area (Å²) in [6.45, 7) is 2.93. The van der Waals surface area contributed by atoms with Gasteiger partial charge in [0.25, 0.3) is 0 Å². The van der Waals surface area contributed by atoms with Crippen molar-refractivity contribution in [1.82, 2.24) is 40.0 Å². The van der Waals surface area contributed by atoms with Crippen molar-refractivity contribution in [3.8, 4) is 39.9 Å². The van der Waals surface area contributed by atoms with Crippen LogP contribution in [0.2, 0.25) is 0 Å². The summed E-state index contributed by atoms with van der Waals surface area (Å²) in [5, 5.41) is 9.64. The topological polar surface area (TPSA) is 106 Å². The van der Waals surface area contributed by atoms with E-state index in [-0.39, 0.29) is 0 Å². The number of rotatable bonds is 7. The highest BCUT2D eigenvalue weighted by Gasteiger charge is 2.24. The number of hydrogen-bond donors (Lipinski definition) is 1. The molecule has 0 amide bonds. The maximum atomic E-state index is 5.24. The van der Waals surface area contributed by atoms with Gasteiger partial charge in [-0.15, -0.1) is 10.2 Å². The number of aromatic nitrogens is 7. The third-order valence-electron chi connectivity index (χ3n) is 7.83. The lowest BCUT2D eigenvalue weighted by Gasteiger charge is -2.30. The minimum Gasteiger partial charge on any atom is -0.467 e. The zero-order valence-electron chi connectivity index (χ0n) is 23.3. The fourth-order valence-electron chi connectivity index (χ4n) is 5.57. The molecule has 0 radical (unpaired) electrons. The van der Waals surface area contributed by atoms with E-state index in [0.29, 0.717) is 17.6 Å². The Hall–Kier alpha value is -5.02. The number of likely N-dealkylation sites (tertiary alicyclic amines) is 1. The second kappa shape index (κ2) is 11.5. The Kier molecular flexibility index (Phi) is 7.07. The Bertz CT molecular complexity index is 1800. The van der Waals surface area contributed by atoms with Crippen molar-refractivity contribution in [3.63, 3.8) is 0 Å². The van der Waals surface area contributed by atoms with Gasteiger partial charge in [-0.05, 0) is 55.3 Å². The molecular formula is C33H30N8O. The molecule has 0 bridgehead atoms. The zero-order valence-corrected chi connectivity index (χ0v) is 23.3. The van der Waals surface area contributed by atoms with E-state index in [1.165, 1.54) is 5.56 Å². The average molecular weight is 555 g/mol. The Labute approximate surface area is 243 Å². The summed E-state index contributed by atoms with van der Waals surface area (Å²) in [7, 11) is 1.56. The van der Waals surface area contributed by atoms with Crippen molar-refractivity contribution >= 4 is 11.0 Å². The Morgan fingerprint density at radius 3 is 2.43 bits per heavy atom. The molecule has 5 heterocycles. The van der Waals surface area contributed by atoms with Crippen LogP contribution >= 0.6 is 0 Å². The van der Waals surface area contributed by atoms with Crippen LogP contribution in [-0.2, 0) is 6.54 Å². The van der Waals surface area contributed by atoms with Crippen molar-refractivity contribution in [2.24, 2.45) is 0 Å². The van der Waals surface area contributed by atoms with Gasteiger partial charge in [-0.3, -0.25) is 9.88 Å². The number of pyridine rings is 2. The number of nitrogens with zero attached hydrogens (tertiary/aromatic N) is 7. The number of benzene rings is 2. The second-order valence-corrected chi connectivity index (χ2v) is 10.5. The first-order chi connectivity index (χ1) is 20.7. The van der Waals surface area contributed by atoms with Gasteiger partial charge in [0, 0.05) is 41.4 Å². The Balaban J connectivity index is 1.06. The SMILES string of the molecule is COc1ncc2cc(-c3ccccc3)c(-c3ccc(CN4CCC(c5nnc(-c6ccccn6)[nH]5)CC4)cc3)nc2n1. The summed E-state index contributed by atoms with van der Waals surface area (Å²) in [5.74, 6) is 2.07. The number of methoxy groups -OCH3 is 1. The molecule has 2 aromatic carbocycles. The first-order valence-electron chi connectivity index (χ1n) is 14.2. The highest BCUT2D eigenvalue weighted by Crippen LogP contribution is 2.34. The number of H-pyrrole nitrogens is 1. The molecule has 1 saturated heterocycles. The molecule has 9 nitrogen and oxygen atoms in total. The molecule has 7 rings (SSSR count). The maximum Gasteiger partial charge on any atom is 0.318 e. The Morgan fingerprint density at radius 2 is 1.67 bits per heavy atom. The smallest absolute Gasteiger partial charge is 0.318 e. The molecule has 208 valence electrons. The van der Waals surface area contributed by atoms with Gasteiger partial charge >= 0.3 is 6.01 Å². The third kappa shape index (κ3) is 5.34. The summed E-state index contributed by atoms with van der Waals surface area (Å²) in [4.78, 5) is 24.0. The van der Waals surface area contributed by atoms with Crippen LogP contribution in [0.4, 0.5) is 0 Å². The van der Waals surface area contributed by atoms with E-state index in [9.17, 15) is 0 Å². The van der Waals surface area contributed by atoms with Crippen LogP contribution in [-0.4, -0.2) is 60.2 Å². The predicted octanol–water partition coefficient (Wildman–Crippen LogP) is 5.93. The van der Waals surface area contributed by atoms with E-state index < -0.39 is 0 Å². The fourth-order valence-corrected chi connectivity index (χ4v) is 5.57. The van der Waals surface area contributed by atoms with Crippen LogP contribution < -0.4 is 4.74 Å². The first kappa shape index (κ1) is 25.9. The Morgan fingerprint density at radius 1 is 0.857 bits per heavy atom. The monoisotopic (exact) mass is 554 g/mol. The van der Waals surface area contributed by atoms with E-state index in [1.54, 1.807) is 19.5 Å². The van der Waals surface area contributed by atoms with E-state index in [0.717, 1.165) is 77.6 Å². The lowest BCUT2D eigenvalue weighted by atomic mass is 9.95. The summed E-state index contributed by atoms with van der Waals surface area (Å²) < 4.78 is 5.24. The lowest BCUT2D eigenvalue weighted by Crippen LogP contribution is -2.32. The van der Waals surface area contributed by atoms with Gasteiger partial charge in [-0.1, -0.05) is 60.7 Å². The number of hydrogen-bond acceptors (Lipinski definition) is 8. The van der Waals surface area contributed by atoms with Gasteiger partial charge in [0.1, 0.15) is 11.5 Å². The number of nitrogens with one attached hydrogen (secondary N) is 1. The molecule has 0 atom stereocenters. The first-order valence-corrected chi connectivity index (χ1v) is 14.2. The van der Waals surface area contributed by atoms with Gasteiger partial charge < -0.3 is 9.72 Å². The van der Waals surface area contributed by atoms with Crippen LogP contribution in [0.3, 0.4) is 0 Å². The molecule has 42 heavy (non-hydrogen) atoms. The molecule has 6 aromatic rings. The summed E-state index contributed by atoms with van der Waals surface area (Å²) >= 11 is 0. The average Bonchev–Trinajstić information content (AvgIpc) is 3.56. The molecule has 4 aromatic heterocycles. The van der Waals surface area contributed by atoms with Crippen molar-refractivity contribution in [2.45, 2.75) is 25.3 Å². The third-order valence-corrected chi connectivity index (χ3v) is 7.83. The largest absolute Gasteiger partial charge is 0.467 e. The summed E-state index contributed by atoms with van der Waals surface area (Å²) in [6.07, 6.45) is 5.62. The van der Waals surface area contributed by atoms with Crippen LogP contribution in [0.25, 0.3) is 44.9 Å². The predicted molar refractivity (Wildman–Crippen MR) is 162 cm³/mol. The normalized spacial score (nSPS) is 14.3. The van der Waals surface area contributed by atoms with Crippen LogP contribution in [0.5, 0.6) is 6.01 Å². The molecular weight excluding hydrogens is 524 g/mol. The van der Waals surface area contributed by atoms with Crippen molar-refractivity contribution in [1.29, 1.82) is 0 Å². The lowest BCUT2D eigenvalue weighted by molar-refractivity contribution is 0.202. The maximum absolute atomic E-state index is 5.24. The van der Waals surface area contributed by atoms with Crippen LogP contribution in [0.15, 0.2) is 91.3 Å². The summed E-state index contributed by atoms with van der Waals surface area (Å²) in [5.41, 5.74) is 6.79. The molecule has 1 fully saturated rings. The standard InChI is InChI=1S/C33H30N8O/c1-42-33-35-20-26-19-27(23-7-3-2-4-8-23)29(36-30(26)38-33)24-12-10-22(11-13-24)21-41-17-14-25(15-18-41)31-37-32(40-39-31)28-9-5-6-16-34-28/h2-13,16,19-20,25H,14-15,17-18,21H2,1H3,(H,37,39,40). The second-order valence-electron chi connectivity index (χ2n) is 10.5. The zero-order chi connectivity index (χ0) is 28.3. The minimum absolute atomic E-state index is 0.310. The van der Waals surface area contributed by atoms with E-state index in [1.807, 2.05) is 36.4 Å². The van der Waals surface area contributed by atoms with E-state index >= 15 is 0 Å². The van der Waals surface area contributed by atoms with Crippen LogP contribution in [0.1, 0.15) is 30.1 Å². The molecule has 0 unspecified atom stereocenters. The minimum atomic E-state index is 0.310. The number of fused-ring (bicyclic) bond motifs is 1. The number of aromatic amines is 1. The molecule has 0 spiro atoms. The van der Waals surface area contributed by atoms with Gasteiger partial charge in [0.15, 0.2) is 11.5 Å².